The summed E-state index contributed by atoms with van der Waals surface area (Å²) in [6, 6.07) is 0. The summed E-state index contributed by atoms with van der Waals surface area (Å²) >= 11 is 0. The van der Waals surface area contributed by atoms with Crippen LogP contribution in [0.5, 0.6) is 0 Å². The van der Waals surface area contributed by atoms with Crippen molar-refractivity contribution in [3.05, 3.63) is 0 Å². The van der Waals surface area contributed by atoms with Gasteiger partial charge in [0.15, 0.2) is 0 Å². The number of nitrogens with zero attached hydrogens (tertiary/aromatic N) is 1. The van der Waals surface area contributed by atoms with Crippen molar-refractivity contribution in [1.82, 2.24) is 10.6 Å². The molecule has 64 valence electrons. The molecule has 0 rings (SSSR count). The Balaban J connectivity index is 3.17. The van der Waals surface area contributed by atoms with Crippen molar-refractivity contribution in [2.24, 2.45) is 5.16 Å². The Bertz CT molecular complexity index is 136. The fourth-order valence-corrected chi connectivity index (χ4v) is 0.575. The normalized spacial score (nSPS) is 10.3. The molecule has 0 aromatic heterocycles. The molecule has 0 radical (unpaired) electrons. The molecule has 0 aromatic carbocycles. The van der Waals surface area contributed by atoms with Gasteiger partial charge in [-0.1, -0.05) is 5.16 Å². The van der Waals surface area contributed by atoms with E-state index in [1.54, 1.807) is 0 Å². The third-order valence-electron chi connectivity index (χ3n) is 1.08. The lowest BCUT2D eigenvalue weighted by Gasteiger charge is -1.99. The van der Waals surface area contributed by atoms with Crippen LogP contribution in [-0.4, -0.2) is 37.5 Å². The summed E-state index contributed by atoms with van der Waals surface area (Å²) in [6.07, 6.45) is 1.70. The maximum Gasteiger partial charge on any atom is 0.265 e. The molecule has 0 saturated carbocycles. The van der Waals surface area contributed by atoms with Crippen molar-refractivity contribution in [1.29, 1.82) is 0 Å². The number of amides is 1. The highest BCUT2D eigenvalue weighted by Crippen LogP contribution is 1.71. The van der Waals surface area contributed by atoms with Crippen LogP contribution in [-0.2, 0) is 4.79 Å². The number of carbonyl (C=O) groups is 1. The first kappa shape index (κ1) is 9.90. The summed E-state index contributed by atoms with van der Waals surface area (Å²) in [7, 11) is 1.84. The van der Waals surface area contributed by atoms with E-state index < -0.39 is 0 Å². The van der Waals surface area contributed by atoms with E-state index in [-0.39, 0.29) is 5.91 Å². The lowest BCUT2D eigenvalue weighted by Crippen LogP contribution is -2.27. The summed E-state index contributed by atoms with van der Waals surface area (Å²) in [5.74, 6) is -0.372. The van der Waals surface area contributed by atoms with Gasteiger partial charge in [0.25, 0.3) is 5.91 Å². The Kier molecular flexibility index (Phi) is 6.31. The fraction of sp³-hybridized carbons (Fsp3) is 0.667. The topological polar surface area (TPSA) is 73.7 Å². The van der Waals surface area contributed by atoms with Gasteiger partial charge >= 0.3 is 0 Å². The minimum Gasteiger partial charge on any atom is -0.411 e. The van der Waals surface area contributed by atoms with Crippen LogP contribution in [0.2, 0.25) is 0 Å². The van der Waals surface area contributed by atoms with Crippen LogP contribution in [0.1, 0.15) is 6.42 Å². The van der Waals surface area contributed by atoms with Gasteiger partial charge in [0.05, 0.1) is 0 Å². The van der Waals surface area contributed by atoms with Crippen LogP contribution in [0.25, 0.3) is 0 Å². The van der Waals surface area contributed by atoms with Gasteiger partial charge in [-0.15, -0.1) is 0 Å². The molecule has 0 atom stereocenters. The first-order valence-electron chi connectivity index (χ1n) is 3.41. The molecule has 0 heterocycles. The number of carbonyl (C=O) groups excluding carboxylic acids is 1. The van der Waals surface area contributed by atoms with Gasteiger partial charge < -0.3 is 15.8 Å². The van der Waals surface area contributed by atoms with Crippen LogP contribution >= 0.6 is 0 Å². The minimum absolute atomic E-state index is 0.372. The van der Waals surface area contributed by atoms with Crippen molar-refractivity contribution in [2.75, 3.05) is 20.1 Å². The van der Waals surface area contributed by atoms with Crippen LogP contribution in [0.15, 0.2) is 5.16 Å². The van der Waals surface area contributed by atoms with E-state index in [1.165, 1.54) is 0 Å². The van der Waals surface area contributed by atoms with Crippen molar-refractivity contribution >= 4 is 12.1 Å². The van der Waals surface area contributed by atoms with Crippen LogP contribution in [0.4, 0.5) is 0 Å². The first-order chi connectivity index (χ1) is 5.31. The van der Waals surface area contributed by atoms with E-state index in [0.29, 0.717) is 6.54 Å². The first-order valence-corrected chi connectivity index (χ1v) is 3.41. The molecular formula is C6H13N3O2. The molecular weight excluding hydrogens is 146 g/mol. The highest BCUT2D eigenvalue weighted by Gasteiger charge is 1.93. The molecule has 0 spiro atoms. The largest absolute Gasteiger partial charge is 0.411 e. The van der Waals surface area contributed by atoms with Crippen molar-refractivity contribution in [2.45, 2.75) is 6.42 Å². The number of hydrogen-bond donors (Lipinski definition) is 3. The summed E-state index contributed by atoms with van der Waals surface area (Å²) < 4.78 is 0. The van der Waals surface area contributed by atoms with Gasteiger partial charge in [-0.2, -0.15) is 0 Å². The summed E-state index contributed by atoms with van der Waals surface area (Å²) in [4.78, 5) is 10.6. The number of nitrogens with one attached hydrogen (secondary N) is 2. The molecule has 0 aliphatic carbocycles. The molecule has 5 nitrogen and oxygen atoms in total. The Morgan fingerprint density at radius 1 is 1.64 bits per heavy atom. The number of rotatable bonds is 5. The van der Waals surface area contributed by atoms with Crippen molar-refractivity contribution < 1.29 is 10.0 Å². The molecule has 1 amide bonds. The predicted octanol–water partition coefficient (Wildman–Crippen LogP) is -0.828. The van der Waals surface area contributed by atoms with Gasteiger partial charge in [0, 0.05) is 6.54 Å². The zero-order valence-corrected chi connectivity index (χ0v) is 6.50. The number of oxime groups is 1. The van der Waals surface area contributed by atoms with Gasteiger partial charge in [-0.25, -0.2) is 0 Å². The summed E-state index contributed by atoms with van der Waals surface area (Å²) in [5.41, 5.74) is 0. The monoisotopic (exact) mass is 159 g/mol. The van der Waals surface area contributed by atoms with Crippen molar-refractivity contribution in [3.63, 3.8) is 0 Å². The molecule has 5 heteroatoms. The Morgan fingerprint density at radius 3 is 2.91 bits per heavy atom. The average molecular weight is 159 g/mol. The van der Waals surface area contributed by atoms with Crippen LogP contribution < -0.4 is 10.6 Å². The Hall–Kier alpha value is -1.10. The fourth-order valence-electron chi connectivity index (χ4n) is 0.575. The van der Waals surface area contributed by atoms with E-state index >= 15 is 0 Å². The Labute approximate surface area is 65.5 Å². The highest BCUT2D eigenvalue weighted by atomic mass is 16.4. The molecule has 0 fully saturated rings. The molecule has 0 unspecified atom stereocenters. The standard InChI is InChI=1S/C6H13N3O2/c1-7-3-2-4-8-6(10)5-9-11/h5,7,11H,2-4H2,1H3,(H,8,10)/b9-5+. The Morgan fingerprint density at radius 2 is 2.36 bits per heavy atom. The quantitative estimate of drug-likeness (QED) is 0.212. The zero-order valence-electron chi connectivity index (χ0n) is 6.50. The SMILES string of the molecule is CNCCCNC(=O)/C=N/O. The molecule has 0 saturated heterocycles. The highest BCUT2D eigenvalue weighted by molar-refractivity contribution is 6.25. The van der Waals surface area contributed by atoms with E-state index in [2.05, 4.69) is 15.8 Å². The lowest BCUT2D eigenvalue weighted by atomic mass is 10.4. The smallest absolute Gasteiger partial charge is 0.265 e. The second-order valence-corrected chi connectivity index (χ2v) is 1.99. The van der Waals surface area contributed by atoms with Crippen molar-refractivity contribution in [3.8, 4) is 0 Å². The maximum absolute atomic E-state index is 10.6. The van der Waals surface area contributed by atoms with Gasteiger partial charge in [-0.3, -0.25) is 4.79 Å². The second kappa shape index (κ2) is 7.01. The summed E-state index contributed by atoms with van der Waals surface area (Å²) in [6.45, 7) is 1.45. The lowest BCUT2D eigenvalue weighted by molar-refractivity contribution is -0.114. The molecule has 11 heavy (non-hydrogen) atoms. The minimum atomic E-state index is -0.372. The van der Waals surface area contributed by atoms with E-state index in [4.69, 9.17) is 5.21 Å². The summed E-state index contributed by atoms with van der Waals surface area (Å²) in [5, 5.41) is 16.0. The van der Waals surface area contributed by atoms with Gasteiger partial charge in [0.1, 0.15) is 6.21 Å². The maximum atomic E-state index is 10.6. The molecule has 0 bridgehead atoms. The average Bonchev–Trinajstić information content (AvgIpc) is 1.99. The van der Waals surface area contributed by atoms with E-state index in [0.717, 1.165) is 19.2 Å². The number of hydrogen-bond acceptors (Lipinski definition) is 4. The van der Waals surface area contributed by atoms with E-state index in [9.17, 15) is 4.79 Å². The third-order valence-corrected chi connectivity index (χ3v) is 1.08. The van der Waals surface area contributed by atoms with Gasteiger partial charge in [-0.05, 0) is 20.0 Å². The predicted molar refractivity (Wildman–Crippen MR) is 41.8 cm³/mol. The van der Waals surface area contributed by atoms with Crippen LogP contribution in [0, 0.1) is 0 Å². The van der Waals surface area contributed by atoms with E-state index in [1.807, 2.05) is 7.05 Å². The second-order valence-electron chi connectivity index (χ2n) is 1.99. The van der Waals surface area contributed by atoms with Gasteiger partial charge in [0.2, 0.25) is 0 Å². The zero-order chi connectivity index (χ0) is 8.53. The van der Waals surface area contributed by atoms with Crippen LogP contribution in [0.3, 0.4) is 0 Å². The third kappa shape index (κ3) is 6.79. The molecule has 0 aliphatic rings. The molecule has 3 N–H and O–H groups in total. The molecule has 0 aromatic rings. The molecule has 0 aliphatic heterocycles.